The molecule has 12 heteroatoms. The average molecular weight is 423 g/mol. The lowest BCUT2D eigenvalue weighted by Crippen LogP contribution is -2.28. The quantitative estimate of drug-likeness (QED) is 0.798. The monoisotopic (exact) mass is 422 g/mol. The molecule has 1 amide bonds. The van der Waals surface area contributed by atoms with Crippen LogP contribution in [0.5, 0.6) is 0 Å². The predicted molar refractivity (Wildman–Crippen MR) is 92.3 cm³/mol. The van der Waals surface area contributed by atoms with Gasteiger partial charge in [-0.05, 0) is 31.0 Å². The maximum Gasteiger partial charge on any atom is 0.291 e. The summed E-state index contributed by atoms with van der Waals surface area (Å²) < 4.78 is 51.6. The summed E-state index contributed by atoms with van der Waals surface area (Å²) in [6.45, 7) is 0.849. The van der Waals surface area contributed by atoms with E-state index in [0.717, 1.165) is 12.8 Å². The zero-order chi connectivity index (χ0) is 18.9. The van der Waals surface area contributed by atoms with Crippen molar-refractivity contribution in [2.24, 2.45) is 0 Å². The van der Waals surface area contributed by atoms with Gasteiger partial charge in [-0.3, -0.25) is 10.1 Å². The van der Waals surface area contributed by atoms with Crippen molar-refractivity contribution < 1.29 is 22.0 Å². The summed E-state index contributed by atoms with van der Waals surface area (Å²) in [5, 5.41) is 8.39. The zero-order valence-electron chi connectivity index (χ0n) is 13.2. The Morgan fingerprint density at radius 3 is 2.58 bits per heavy atom. The highest BCUT2D eigenvalue weighted by Gasteiger charge is 2.28. The van der Waals surface area contributed by atoms with E-state index in [1.54, 1.807) is 0 Å². The van der Waals surface area contributed by atoms with Crippen LogP contribution in [0.2, 0.25) is 5.02 Å². The first-order valence-corrected chi connectivity index (χ1v) is 10.1. The number of benzene rings is 1. The molecule has 1 fully saturated rings. The largest absolute Gasteiger partial charge is 0.296 e. The van der Waals surface area contributed by atoms with Crippen LogP contribution >= 0.6 is 22.9 Å². The molecule has 0 unspecified atom stereocenters. The minimum atomic E-state index is -3.72. The second kappa shape index (κ2) is 7.51. The summed E-state index contributed by atoms with van der Waals surface area (Å²) in [6.07, 6.45) is -1.23. The molecule has 0 saturated carbocycles. The molecule has 2 aromatic rings. The van der Waals surface area contributed by atoms with Crippen molar-refractivity contribution in [3.8, 4) is 0 Å². The van der Waals surface area contributed by atoms with Crippen LogP contribution in [0.3, 0.4) is 0 Å². The van der Waals surface area contributed by atoms with Crippen molar-refractivity contribution in [2.75, 3.05) is 18.4 Å². The van der Waals surface area contributed by atoms with Gasteiger partial charge >= 0.3 is 0 Å². The topological polar surface area (TPSA) is 92.3 Å². The Labute approximate surface area is 157 Å². The van der Waals surface area contributed by atoms with E-state index in [-0.39, 0.29) is 20.6 Å². The average Bonchev–Trinajstić information content (AvgIpc) is 3.27. The SMILES string of the molecule is O=C(Nc1nnc(C(F)F)s1)c1cc(S(=O)(=O)N2CCCC2)ccc1Cl. The fraction of sp³-hybridized carbons (Fsp3) is 0.357. The first-order chi connectivity index (χ1) is 12.3. The Kier molecular flexibility index (Phi) is 5.51. The van der Waals surface area contributed by atoms with Gasteiger partial charge in [-0.1, -0.05) is 22.9 Å². The lowest BCUT2D eigenvalue weighted by atomic mass is 10.2. The molecule has 0 aliphatic carbocycles. The van der Waals surface area contributed by atoms with Gasteiger partial charge in [-0.15, -0.1) is 10.2 Å². The van der Waals surface area contributed by atoms with E-state index in [1.807, 2.05) is 0 Å². The number of nitrogens with one attached hydrogen (secondary N) is 1. The number of nitrogens with zero attached hydrogens (tertiary/aromatic N) is 3. The second-order valence-electron chi connectivity index (χ2n) is 5.45. The number of alkyl halides is 2. The molecule has 1 aliphatic rings. The van der Waals surface area contributed by atoms with Gasteiger partial charge in [0.15, 0.2) is 5.01 Å². The van der Waals surface area contributed by atoms with E-state index in [1.165, 1.54) is 22.5 Å². The zero-order valence-corrected chi connectivity index (χ0v) is 15.5. The third-order valence-electron chi connectivity index (χ3n) is 3.73. The minimum Gasteiger partial charge on any atom is -0.296 e. The molecule has 2 heterocycles. The molecular formula is C14H13ClF2N4O3S2. The van der Waals surface area contributed by atoms with Crippen molar-refractivity contribution in [3.05, 3.63) is 33.8 Å². The number of rotatable bonds is 5. The Bertz CT molecular complexity index is 930. The molecule has 0 radical (unpaired) electrons. The van der Waals surface area contributed by atoms with Gasteiger partial charge in [-0.25, -0.2) is 17.2 Å². The number of carbonyl (C=O) groups excluding carboxylic acids is 1. The summed E-state index contributed by atoms with van der Waals surface area (Å²) in [4.78, 5) is 12.3. The number of halogens is 3. The van der Waals surface area contributed by atoms with Crippen LogP contribution in [0, 0.1) is 0 Å². The molecule has 1 saturated heterocycles. The fourth-order valence-electron chi connectivity index (χ4n) is 2.45. The summed E-state index contributed by atoms with van der Waals surface area (Å²) in [5.41, 5.74) is -0.0965. The standard InChI is InChI=1S/C14H13ClF2N4O3S2/c15-10-4-3-8(26(23,24)21-5-1-2-6-21)7-9(10)12(22)18-14-20-19-13(25-14)11(16)17/h3-4,7,11H,1-2,5-6H2,(H,18,20,22). The van der Waals surface area contributed by atoms with E-state index >= 15 is 0 Å². The van der Waals surface area contributed by atoms with Crippen molar-refractivity contribution >= 4 is 44.0 Å². The summed E-state index contributed by atoms with van der Waals surface area (Å²) in [6, 6.07) is 3.80. The highest BCUT2D eigenvalue weighted by Crippen LogP contribution is 2.28. The highest BCUT2D eigenvalue weighted by molar-refractivity contribution is 7.89. The van der Waals surface area contributed by atoms with Gasteiger partial charge in [0.25, 0.3) is 12.3 Å². The number of amides is 1. The molecule has 3 rings (SSSR count). The first-order valence-electron chi connectivity index (χ1n) is 7.51. The van der Waals surface area contributed by atoms with Crippen LogP contribution in [-0.2, 0) is 10.0 Å². The number of hydrogen-bond donors (Lipinski definition) is 1. The molecule has 1 aromatic heterocycles. The van der Waals surface area contributed by atoms with E-state index < -0.39 is 27.4 Å². The maximum absolute atomic E-state index is 12.6. The summed E-state index contributed by atoms with van der Waals surface area (Å²) >= 11 is 6.53. The molecule has 26 heavy (non-hydrogen) atoms. The molecule has 140 valence electrons. The molecule has 7 nitrogen and oxygen atoms in total. The third-order valence-corrected chi connectivity index (χ3v) is 6.80. The molecular weight excluding hydrogens is 410 g/mol. The summed E-state index contributed by atoms with van der Waals surface area (Å²) in [5.74, 6) is -0.759. The molecule has 1 aromatic carbocycles. The fourth-order valence-corrected chi connectivity index (χ4v) is 4.80. The number of sulfonamides is 1. The van der Waals surface area contributed by atoms with Gasteiger partial charge in [0.2, 0.25) is 15.2 Å². The van der Waals surface area contributed by atoms with Crippen LogP contribution in [-0.4, -0.2) is 41.9 Å². The van der Waals surface area contributed by atoms with Crippen molar-refractivity contribution in [1.29, 1.82) is 0 Å². The van der Waals surface area contributed by atoms with E-state index in [9.17, 15) is 22.0 Å². The van der Waals surface area contributed by atoms with Crippen LogP contribution in [0.25, 0.3) is 0 Å². The summed E-state index contributed by atoms with van der Waals surface area (Å²) in [7, 11) is -3.72. The predicted octanol–water partition coefficient (Wildman–Crippen LogP) is 3.17. The molecule has 0 atom stereocenters. The smallest absolute Gasteiger partial charge is 0.291 e. The van der Waals surface area contributed by atoms with E-state index in [2.05, 4.69) is 15.5 Å². The number of hydrogen-bond acceptors (Lipinski definition) is 6. The first kappa shape index (κ1) is 19.1. The second-order valence-corrected chi connectivity index (χ2v) is 8.81. The Hall–Kier alpha value is -1.69. The number of carbonyl (C=O) groups is 1. The normalized spacial score (nSPS) is 15.5. The maximum atomic E-state index is 12.6. The van der Waals surface area contributed by atoms with Crippen LogP contribution in [0.4, 0.5) is 13.9 Å². The van der Waals surface area contributed by atoms with Crippen molar-refractivity contribution in [2.45, 2.75) is 24.2 Å². The minimum absolute atomic E-state index is 0.0291. The van der Waals surface area contributed by atoms with E-state index in [0.29, 0.717) is 24.4 Å². The molecule has 0 spiro atoms. The Morgan fingerprint density at radius 1 is 1.27 bits per heavy atom. The molecule has 1 aliphatic heterocycles. The van der Waals surface area contributed by atoms with Crippen LogP contribution in [0.1, 0.15) is 34.6 Å². The molecule has 0 bridgehead atoms. The van der Waals surface area contributed by atoms with Crippen LogP contribution in [0.15, 0.2) is 23.1 Å². The van der Waals surface area contributed by atoms with Gasteiger partial charge in [0, 0.05) is 13.1 Å². The lowest BCUT2D eigenvalue weighted by Gasteiger charge is -2.16. The highest BCUT2D eigenvalue weighted by atomic mass is 35.5. The van der Waals surface area contributed by atoms with Crippen LogP contribution < -0.4 is 5.32 Å². The van der Waals surface area contributed by atoms with E-state index in [4.69, 9.17) is 11.6 Å². The van der Waals surface area contributed by atoms with Crippen molar-refractivity contribution in [3.63, 3.8) is 0 Å². The van der Waals surface area contributed by atoms with Gasteiger partial charge in [-0.2, -0.15) is 4.31 Å². The molecule has 1 N–H and O–H groups in total. The van der Waals surface area contributed by atoms with Gasteiger partial charge in [0.05, 0.1) is 15.5 Å². The van der Waals surface area contributed by atoms with Crippen molar-refractivity contribution in [1.82, 2.24) is 14.5 Å². The van der Waals surface area contributed by atoms with Gasteiger partial charge < -0.3 is 0 Å². The lowest BCUT2D eigenvalue weighted by molar-refractivity contribution is 0.102. The Morgan fingerprint density at radius 2 is 1.96 bits per heavy atom. The Balaban J connectivity index is 1.86. The number of anilines is 1. The third kappa shape index (κ3) is 3.85. The van der Waals surface area contributed by atoms with Gasteiger partial charge in [0.1, 0.15) is 0 Å². The number of aromatic nitrogens is 2.